The molecule has 0 saturated carbocycles. The Kier molecular flexibility index (Phi) is 7.36. The number of hydrogen-bond acceptors (Lipinski definition) is 2. The van der Waals surface area contributed by atoms with Gasteiger partial charge in [-0.2, -0.15) is 0 Å². The molecule has 6 heteroatoms. The molecule has 0 fully saturated rings. The Balaban J connectivity index is 2.75. The van der Waals surface area contributed by atoms with E-state index in [4.69, 9.17) is 5.73 Å². The van der Waals surface area contributed by atoms with E-state index in [1.165, 1.54) is 12.1 Å². The number of carbonyl (C=O) groups is 2. The van der Waals surface area contributed by atoms with Crippen LogP contribution in [0.15, 0.2) is 24.3 Å². The molecule has 0 radical (unpaired) electrons. The monoisotopic (exact) mass is 309 g/mol. The summed E-state index contributed by atoms with van der Waals surface area (Å²) in [6, 6.07) is 4.64. The Morgan fingerprint density at radius 2 is 1.91 bits per heavy atom. The molecule has 3 N–H and O–H groups in total. The first kappa shape index (κ1) is 17.9. The SMILES string of the molecule is CCCCCN(Cc1ccc(F)cc1)C(=O)C(C)NC(N)=O. The normalized spacial score (nSPS) is 11.8. The lowest BCUT2D eigenvalue weighted by molar-refractivity contribution is -0.133. The number of urea groups is 1. The third-order valence-corrected chi connectivity index (χ3v) is 3.36. The van der Waals surface area contributed by atoms with Crippen molar-refractivity contribution < 1.29 is 14.0 Å². The van der Waals surface area contributed by atoms with Crippen LogP contribution in [0.25, 0.3) is 0 Å². The summed E-state index contributed by atoms with van der Waals surface area (Å²) >= 11 is 0. The minimum absolute atomic E-state index is 0.195. The summed E-state index contributed by atoms with van der Waals surface area (Å²) < 4.78 is 13.0. The average Bonchev–Trinajstić information content (AvgIpc) is 2.47. The maximum absolute atomic E-state index is 13.0. The quantitative estimate of drug-likeness (QED) is 0.724. The third kappa shape index (κ3) is 6.11. The van der Waals surface area contributed by atoms with E-state index in [-0.39, 0.29) is 11.7 Å². The van der Waals surface area contributed by atoms with Gasteiger partial charge in [-0.05, 0) is 31.0 Å². The fraction of sp³-hybridized carbons (Fsp3) is 0.500. The van der Waals surface area contributed by atoms with Crippen molar-refractivity contribution in [3.05, 3.63) is 35.6 Å². The number of nitrogens with two attached hydrogens (primary N) is 1. The molecule has 0 spiro atoms. The molecule has 0 aliphatic heterocycles. The number of primary amides is 1. The van der Waals surface area contributed by atoms with Crippen molar-refractivity contribution in [3.8, 4) is 0 Å². The van der Waals surface area contributed by atoms with Gasteiger partial charge in [0.1, 0.15) is 11.9 Å². The molecule has 0 aromatic heterocycles. The predicted molar refractivity (Wildman–Crippen MR) is 83.5 cm³/mol. The van der Waals surface area contributed by atoms with E-state index < -0.39 is 12.1 Å². The molecule has 122 valence electrons. The van der Waals surface area contributed by atoms with Crippen LogP contribution in [0.1, 0.15) is 38.7 Å². The zero-order valence-electron chi connectivity index (χ0n) is 13.1. The van der Waals surface area contributed by atoms with E-state index >= 15 is 0 Å². The van der Waals surface area contributed by atoms with Gasteiger partial charge in [0.25, 0.3) is 0 Å². The maximum atomic E-state index is 13.0. The molecule has 0 bridgehead atoms. The minimum Gasteiger partial charge on any atom is -0.352 e. The number of hydrogen-bond donors (Lipinski definition) is 2. The molecule has 0 aliphatic carbocycles. The Hall–Kier alpha value is -2.11. The highest BCUT2D eigenvalue weighted by atomic mass is 19.1. The molecule has 3 amide bonds. The molecule has 0 aliphatic rings. The Labute approximate surface area is 130 Å². The lowest BCUT2D eigenvalue weighted by atomic mass is 10.1. The number of amides is 3. The predicted octanol–water partition coefficient (Wildman–Crippen LogP) is 2.40. The average molecular weight is 309 g/mol. The van der Waals surface area contributed by atoms with Crippen LogP contribution in [-0.4, -0.2) is 29.4 Å². The second-order valence-corrected chi connectivity index (χ2v) is 5.32. The van der Waals surface area contributed by atoms with Crippen molar-refractivity contribution >= 4 is 11.9 Å². The Morgan fingerprint density at radius 1 is 1.27 bits per heavy atom. The van der Waals surface area contributed by atoms with Gasteiger partial charge in [-0.25, -0.2) is 9.18 Å². The van der Waals surface area contributed by atoms with E-state index in [1.807, 2.05) is 0 Å². The van der Waals surface area contributed by atoms with Crippen LogP contribution in [-0.2, 0) is 11.3 Å². The van der Waals surface area contributed by atoms with E-state index in [0.29, 0.717) is 13.1 Å². The Bertz CT molecular complexity index is 491. The number of nitrogens with one attached hydrogen (secondary N) is 1. The smallest absolute Gasteiger partial charge is 0.312 e. The van der Waals surface area contributed by atoms with E-state index in [2.05, 4.69) is 12.2 Å². The summed E-state index contributed by atoms with van der Waals surface area (Å²) in [4.78, 5) is 25.0. The highest BCUT2D eigenvalue weighted by Crippen LogP contribution is 2.10. The highest BCUT2D eigenvalue weighted by molar-refractivity contribution is 5.86. The van der Waals surface area contributed by atoms with Crippen molar-refractivity contribution in [2.75, 3.05) is 6.54 Å². The van der Waals surface area contributed by atoms with Gasteiger partial charge in [-0.3, -0.25) is 4.79 Å². The molecular weight excluding hydrogens is 285 g/mol. The zero-order valence-corrected chi connectivity index (χ0v) is 13.1. The zero-order chi connectivity index (χ0) is 16.5. The number of nitrogens with zero attached hydrogens (tertiary/aromatic N) is 1. The van der Waals surface area contributed by atoms with Gasteiger partial charge < -0.3 is 16.0 Å². The number of halogens is 1. The summed E-state index contributed by atoms with van der Waals surface area (Å²) in [5, 5.41) is 2.40. The molecular formula is C16H24FN3O2. The largest absolute Gasteiger partial charge is 0.352 e. The minimum atomic E-state index is -0.726. The second kappa shape index (κ2) is 9.02. The molecule has 1 unspecified atom stereocenters. The fourth-order valence-electron chi connectivity index (χ4n) is 2.18. The summed E-state index contributed by atoms with van der Waals surface area (Å²) in [5.41, 5.74) is 5.90. The highest BCUT2D eigenvalue weighted by Gasteiger charge is 2.21. The van der Waals surface area contributed by atoms with E-state index in [9.17, 15) is 14.0 Å². The summed E-state index contributed by atoms with van der Waals surface area (Å²) in [6.07, 6.45) is 2.95. The molecule has 1 atom stereocenters. The lowest BCUT2D eigenvalue weighted by Gasteiger charge is -2.26. The summed E-state index contributed by atoms with van der Waals surface area (Å²) in [5.74, 6) is -0.504. The van der Waals surface area contributed by atoms with Crippen LogP contribution in [0.3, 0.4) is 0 Å². The van der Waals surface area contributed by atoms with Crippen LogP contribution in [0.2, 0.25) is 0 Å². The van der Waals surface area contributed by atoms with Gasteiger partial charge in [0.2, 0.25) is 5.91 Å². The maximum Gasteiger partial charge on any atom is 0.312 e. The summed E-state index contributed by atoms with van der Waals surface area (Å²) in [7, 11) is 0. The number of carbonyl (C=O) groups excluding carboxylic acids is 2. The topological polar surface area (TPSA) is 75.4 Å². The third-order valence-electron chi connectivity index (χ3n) is 3.36. The van der Waals surface area contributed by atoms with E-state index in [1.54, 1.807) is 24.0 Å². The lowest BCUT2D eigenvalue weighted by Crippen LogP contribution is -2.48. The number of rotatable bonds is 8. The first-order valence-corrected chi connectivity index (χ1v) is 7.53. The first-order chi connectivity index (χ1) is 10.4. The molecule has 5 nitrogen and oxygen atoms in total. The van der Waals surface area contributed by atoms with Crippen molar-refractivity contribution in [2.24, 2.45) is 5.73 Å². The molecule has 22 heavy (non-hydrogen) atoms. The molecule has 0 heterocycles. The Morgan fingerprint density at radius 3 is 2.45 bits per heavy atom. The molecule has 1 aromatic rings. The van der Waals surface area contributed by atoms with Gasteiger partial charge in [0, 0.05) is 13.1 Å². The van der Waals surface area contributed by atoms with Gasteiger partial charge >= 0.3 is 6.03 Å². The standard InChI is InChI=1S/C16H24FN3O2/c1-3-4-5-10-20(15(21)12(2)19-16(18)22)11-13-6-8-14(17)9-7-13/h6-9,12H,3-5,10-11H2,1-2H3,(H3,18,19,22). The van der Waals surface area contributed by atoms with Crippen LogP contribution in [0.5, 0.6) is 0 Å². The second-order valence-electron chi connectivity index (χ2n) is 5.32. The molecule has 1 rings (SSSR count). The fourth-order valence-corrected chi connectivity index (χ4v) is 2.18. The molecule has 0 saturated heterocycles. The van der Waals surface area contributed by atoms with Crippen molar-refractivity contribution in [2.45, 2.75) is 45.7 Å². The van der Waals surface area contributed by atoms with Crippen molar-refractivity contribution in [1.29, 1.82) is 0 Å². The van der Waals surface area contributed by atoms with Crippen LogP contribution in [0, 0.1) is 5.82 Å². The van der Waals surface area contributed by atoms with Gasteiger partial charge in [-0.1, -0.05) is 31.9 Å². The summed E-state index contributed by atoms with van der Waals surface area (Å²) in [6.45, 7) is 4.66. The van der Waals surface area contributed by atoms with Crippen molar-refractivity contribution in [3.63, 3.8) is 0 Å². The number of unbranched alkanes of at least 4 members (excludes halogenated alkanes) is 2. The first-order valence-electron chi connectivity index (χ1n) is 7.53. The van der Waals surface area contributed by atoms with Gasteiger partial charge in [0.15, 0.2) is 0 Å². The van der Waals surface area contributed by atoms with Crippen LogP contribution < -0.4 is 11.1 Å². The molecule has 1 aromatic carbocycles. The van der Waals surface area contributed by atoms with Crippen LogP contribution in [0.4, 0.5) is 9.18 Å². The van der Waals surface area contributed by atoms with Gasteiger partial charge in [0.05, 0.1) is 0 Å². The number of benzene rings is 1. The van der Waals surface area contributed by atoms with Crippen LogP contribution >= 0.6 is 0 Å². The van der Waals surface area contributed by atoms with Gasteiger partial charge in [-0.15, -0.1) is 0 Å². The van der Waals surface area contributed by atoms with Crippen molar-refractivity contribution in [1.82, 2.24) is 10.2 Å². The van der Waals surface area contributed by atoms with E-state index in [0.717, 1.165) is 24.8 Å².